The molecule has 7 nitrogen and oxygen atoms in total. The van der Waals surface area contributed by atoms with Crippen LogP contribution in [0.2, 0.25) is 5.02 Å². The van der Waals surface area contributed by atoms with Crippen molar-refractivity contribution in [2.75, 3.05) is 25.5 Å². The zero-order chi connectivity index (χ0) is 16.9. The summed E-state index contributed by atoms with van der Waals surface area (Å²) in [5.41, 5.74) is 0.660. The molecule has 0 aliphatic carbocycles. The summed E-state index contributed by atoms with van der Waals surface area (Å²) in [5.74, 6) is 0.668. The lowest BCUT2D eigenvalue weighted by Gasteiger charge is -2.18. The smallest absolute Gasteiger partial charge is 0.321 e. The van der Waals surface area contributed by atoms with Gasteiger partial charge in [-0.3, -0.25) is 0 Å². The number of rotatable bonds is 4. The molecule has 1 aliphatic rings. The zero-order valence-electron chi connectivity index (χ0n) is 13.1. The molecule has 1 saturated heterocycles. The third-order valence-electron chi connectivity index (χ3n) is 3.61. The van der Waals surface area contributed by atoms with Gasteiger partial charge < -0.3 is 19.7 Å². The van der Waals surface area contributed by atoms with Crippen LogP contribution >= 0.6 is 11.6 Å². The molecule has 2 amide bonds. The topological polar surface area (TPSA) is 76.6 Å². The number of hydrogen-bond donors (Lipinski definition) is 1. The quantitative estimate of drug-likeness (QED) is 0.919. The lowest BCUT2D eigenvalue weighted by atomic mass is 10.3. The number of halogens is 1. The Morgan fingerprint density at radius 1 is 1.33 bits per heavy atom. The Morgan fingerprint density at radius 2 is 2.12 bits per heavy atom. The van der Waals surface area contributed by atoms with Gasteiger partial charge in [-0.1, -0.05) is 17.7 Å². The highest BCUT2D eigenvalue weighted by molar-refractivity contribution is 6.30. The molecule has 2 aromatic rings. The summed E-state index contributed by atoms with van der Waals surface area (Å²) < 4.78 is 10.9. The molecule has 0 bridgehead atoms. The van der Waals surface area contributed by atoms with Gasteiger partial charge in [0.2, 0.25) is 0 Å². The third kappa shape index (κ3) is 3.86. The van der Waals surface area contributed by atoms with Gasteiger partial charge in [0.05, 0.1) is 13.7 Å². The molecule has 1 aromatic carbocycles. The van der Waals surface area contributed by atoms with Crippen molar-refractivity contribution < 1.29 is 14.3 Å². The van der Waals surface area contributed by atoms with Gasteiger partial charge in [-0.2, -0.15) is 0 Å². The molecule has 1 atom stereocenters. The van der Waals surface area contributed by atoms with Crippen molar-refractivity contribution in [1.29, 1.82) is 0 Å². The van der Waals surface area contributed by atoms with Crippen LogP contribution in [-0.4, -0.2) is 47.2 Å². The summed E-state index contributed by atoms with van der Waals surface area (Å²) in [6, 6.07) is 6.85. The number of hydrogen-bond acceptors (Lipinski definition) is 5. The van der Waals surface area contributed by atoms with E-state index in [1.54, 1.807) is 29.2 Å². The highest BCUT2D eigenvalue weighted by Gasteiger charge is 2.29. The number of carbonyl (C=O) groups excluding carboxylic acids is 1. The molecule has 1 aromatic heterocycles. The van der Waals surface area contributed by atoms with E-state index in [1.807, 2.05) is 0 Å². The molecule has 2 heterocycles. The van der Waals surface area contributed by atoms with Crippen molar-refractivity contribution in [2.45, 2.75) is 12.5 Å². The number of amides is 2. The Bertz CT molecular complexity index is 728. The second-order valence-corrected chi connectivity index (χ2v) is 5.72. The number of carbonyl (C=O) groups is 1. The predicted octanol–water partition coefficient (Wildman–Crippen LogP) is 2.82. The molecule has 0 radical (unpaired) electrons. The fraction of sp³-hybridized carbons (Fsp3) is 0.312. The second-order valence-electron chi connectivity index (χ2n) is 5.29. The summed E-state index contributed by atoms with van der Waals surface area (Å²) in [6.45, 7) is 1.06. The monoisotopic (exact) mass is 348 g/mol. The van der Waals surface area contributed by atoms with E-state index in [4.69, 9.17) is 21.1 Å². The van der Waals surface area contributed by atoms with Crippen LogP contribution in [0.1, 0.15) is 6.42 Å². The lowest BCUT2D eigenvalue weighted by molar-refractivity contribution is 0.182. The molecule has 24 heavy (non-hydrogen) atoms. The molecule has 1 N–H and O–H groups in total. The summed E-state index contributed by atoms with van der Waals surface area (Å²) in [5, 5.41) is 3.40. The van der Waals surface area contributed by atoms with Crippen molar-refractivity contribution in [1.82, 2.24) is 14.9 Å². The first-order chi connectivity index (χ1) is 11.7. The molecule has 1 unspecified atom stereocenters. The summed E-state index contributed by atoms with van der Waals surface area (Å²) >= 11 is 5.92. The number of nitrogens with one attached hydrogen (secondary N) is 1. The van der Waals surface area contributed by atoms with Crippen LogP contribution in [0.3, 0.4) is 0 Å². The van der Waals surface area contributed by atoms with Gasteiger partial charge >= 0.3 is 6.03 Å². The van der Waals surface area contributed by atoms with E-state index in [0.717, 1.165) is 0 Å². The average Bonchev–Trinajstić information content (AvgIpc) is 3.04. The van der Waals surface area contributed by atoms with Crippen LogP contribution in [0, 0.1) is 0 Å². The first-order valence-corrected chi connectivity index (χ1v) is 7.86. The molecule has 3 rings (SSSR count). The first kappa shape index (κ1) is 16.3. The van der Waals surface area contributed by atoms with E-state index in [1.165, 1.54) is 19.5 Å². The summed E-state index contributed by atoms with van der Waals surface area (Å²) in [6.07, 6.45) is 3.63. The SMILES string of the molecule is COc1nccnc1OC1CCN(C(=O)Nc2cccc(Cl)c2)C1. The largest absolute Gasteiger partial charge is 0.477 e. The predicted molar refractivity (Wildman–Crippen MR) is 89.7 cm³/mol. The van der Waals surface area contributed by atoms with E-state index in [9.17, 15) is 4.79 Å². The normalized spacial score (nSPS) is 16.8. The van der Waals surface area contributed by atoms with Crippen molar-refractivity contribution in [3.63, 3.8) is 0 Å². The van der Waals surface area contributed by atoms with Gasteiger partial charge in [0, 0.05) is 36.1 Å². The van der Waals surface area contributed by atoms with Crippen molar-refractivity contribution in [2.24, 2.45) is 0 Å². The van der Waals surface area contributed by atoms with Gasteiger partial charge in [-0.05, 0) is 18.2 Å². The maximum Gasteiger partial charge on any atom is 0.321 e. The third-order valence-corrected chi connectivity index (χ3v) is 3.85. The van der Waals surface area contributed by atoms with Crippen LogP contribution in [0.15, 0.2) is 36.7 Å². The molecule has 1 aliphatic heterocycles. The molecular weight excluding hydrogens is 332 g/mol. The minimum Gasteiger partial charge on any atom is -0.477 e. The van der Waals surface area contributed by atoms with E-state index < -0.39 is 0 Å². The minimum absolute atomic E-state index is 0.152. The van der Waals surface area contributed by atoms with Crippen LogP contribution in [0.5, 0.6) is 11.8 Å². The number of anilines is 1. The van der Waals surface area contributed by atoms with Gasteiger partial charge in [0.1, 0.15) is 6.10 Å². The second kappa shape index (κ2) is 7.35. The highest BCUT2D eigenvalue weighted by Crippen LogP contribution is 2.24. The van der Waals surface area contributed by atoms with E-state index >= 15 is 0 Å². The molecular formula is C16H17ClN4O3. The first-order valence-electron chi connectivity index (χ1n) is 7.49. The number of aromatic nitrogens is 2. The number of urea groups is 1. The maximum atomic E-state index is 12.3. The van der Waals surface area contributed by atoms with E-state index in [2.05, 4.69) is 15.3 Å². The van der Waals surface area contributed by atoms with Gasteiger partial charge in [0.15, 0.2) is 0 Å². The lowest BCUT2D eigenvalue weighted by Crippen LogP contribution is -2.34. The van der Waals surface area contributed by atoms with Crippen molar-refractivity contribution >= 4 is 23.3 Å². The number of nitrogens with zero attached hydrogens (tertiary/aromatic N) is 3. The Balaban J connectivity index is 1.58. The number of methoxy groups -OCH3 is 1. The number of likely N-dealkylation sites (tertiary alicyclic amines) is 1. The summed E-state index contributed by atoms with van der Waals surface area (Å²) in [7, 11) is 1.51. The maximum absolute atomic E-state index is 12.3. The van der Waals surface area contributed by atoms with Gasteiger partial charge in [0.25, 0.3) is 11.8 Å². The molecule has 0 spiro atoms. The van der Waals surface area contributed by atoms with Crippen molar-refractivity contribution in [3.8, 4) is 11.8 Å². The standard InChI is InChI=1S/C16H17ClN4O3/c1-23-14-15(19-7-6-18-14)24-13-5-8-21(10-13)16(22)20-12-4-2-3-11(17)9-12/h2-4,6-7,9,13H,5,8,10H2,1H3,(H,20,22). The van der Waals surface area contributed by atoms with E-state index in [-0.39, 0.29) is 12.1 Å². The Morgan fingerprint density at radius 3 is 2.88 bits per heavy atom. The Labute approximate surface area is 144 Å². The molecule has 8 heteroatoms. The number of ether oxygens (including phenoxy) is 2. The fourth-order valence-corrected chi connectivity index (χ4v) is 2.66. The molecule has 0 saturated carbocycles. The number of benzene rings is 1. The van der Waals surface area contributed by atoms with Crippen molar-refractivity contribution in [3.05, 3.63) is 41.7 Å². The van der Waals surface area contributed by atoms with Gasteiger partial charge in [-0.15, -0.1) is 0 Å². The Hall–Kier alpha value is -2.54. The van der Waals surface area contributed by atoms with Crippen LogP contribution < -0.4 is 14.8 Å². The summed E-state index contributed by atoms with van der Waals surface area (Å²) in [4.78, 5) is 22.2. The van der Waals surface area contributed by atoms with E-state index in [0.29, 0.717) is 42.0 Å². The molecule has 1 fully saturated rings. The average molecular weight is 349 g/mol. The van der Waals surface area contributed by atoms with Crippen LogP contribution in [0.25, 0.3) is 0 Å². The minimum atomic E-state index is -0.186. The van der Waals surface area contributed by atoms with Gasteiger partial charge in [-0.25, -0.2) is 14.8 Å². The Kier molecular flexibility index (Phi) is 5.00. The highest BCUT2D eigenvalue weighted by atomic mass is 35.5. The molecule has 126 valence electrons. The zero-order valence-corrected chi connectivity index (χ0v) is 13.9. The van der Waals surface area contributed by atoms with Crippen LogP contribution in [-0.2, 0) is 0 Å². The van der Waals surface area contributed by atoms with Crippen LogP contribution in [0.4, 0.5) is 10.5 Å². The fourth-order valence-electron chi connectivity index (χ4n) is 2.47.